The smallest absolute Gasteiger partial charge is 0.194 e. The molecule has 2 nitrogen and oxygen atoms in total. The van der Waals surface area contributed by atoms with E-state index in [9.17, 15) is 0 Å². The van der Waals surface area contributed by atoms with Crippen molar-refractivity contribution in [3.63, 3.8) is 0 Å². The van der Waals surface area contributed by atoms with Gasteiger partial charge < -0.3 is 0 Å². The lowest BCUT2D eigenvalue weighted by atomic mass is 9.98. The Morgan fingerprint density at radius 1 is 0.210 bits per heavy atom. The van der Waals surface area contributed by atoms with Gasteiger partial charge in [0.1, 0.15) is 0 Å². The lowest BCUT2D eigenvalue weighted by molar-refractivity contribution is 0.106. The first-order valence-corrected chi connectivity index (χ1v) is 24.4. The van der Waals surface area contributed by atoms with Crippen molar-refractivity contribution in [3.8, 4) is 0 Å². The summed E-state index contributed by atoms with van der Waals surface area (Å²) in [6, 6.07) is 90.7. The van der Waals surface area contributed by atoms with Gasteiger partial charge in [0.25, 0.3) is 0 Å². The zero-order chi connectivity index (χ0) is 42.2. The fraction of sp³-hybridized carbons (Fsp3) is 0. The van der Waals surface area contributed by atoms with Gasteiger partial charge in [-0.05, 0) is 56.7 Å². The molecule has 9 aromatic rings. The molecule has 9 aromatic carbocycles. The summed E-state index contributed by atoms with van der Waals surface area (Å²) in [6.07, 6.45) is 0. The van der Waals surface area contributed by atoms with Crippen LogP contribution in [0, 0.1) is 0 Å². The third-order valence-corrected chi connectivity index (χ3v) is 20.2. The van der Waals surface area contributed by atoms with Crippen LogP contribution in [-0.2, 0) is 0 Å². The number of carbonyl (C=O) groups is 2. The number of ketones is 2. The summed E-state index contributed by atoms with van der Waals surface area (Å²) in [5.74, 6) is -0.0694. The van der Waals surface area contributed by atoms with E-state index in [1.807, 2.05) is 97.1 Å². The number of hydrogen-bond acceptors (Lipinski definition) is 2. The van der Waals surface area contributed by atoms with Gasteiger partial charge in [0.2, 0.25) is 0 Å². The quantitative estimate of drug-likeness (QED) is 0.0908. The van der Waals surface area contributed by atoms with E-state index in [4.69, 9.17) is 0 Å². The molecule has 0 radical (unpaired) electrons. The predicted octanol–water partition coefficient (Wildman–Crippen LogP) is 10.5. The van der Waals surface area contributed by atoms with Gasteiger partial charge in [0.15, 0.2) is 11.6 Å². The van der Waals surface area contributed by atoms with Gasteiger partial charge in [-0.2, -0.15) is 0 Å². The average Bonchev–Trinajstić information content (AvgIpc) is 3.37. The molecule has 298 valence electrons. The number of Topliss-reactive ketones (excluding diaryl/α,β-unsaturated/α-hetero) is 2. The summed E-state index contributed by atoms with van der Waals surface area (Å²) >= 11 is 0. The first-order valence-electron chi connectivity index (χ1n) is 20.8. The summed E-state index contributed by atoms with van der Waals surface area (Å²) in [5.41, 5.74) is 2.85. The van der Waals surface area contributed by atoms with Gasteiger partial charge in [0, 0.05) is 21.7 Å². The standard InChI is InChI=1S/C58H44O2P2/c59-55(45-25-9-1-10-26-45)57(61(49-29-13-3-14-30-49,50-31-15-4-16-32-50)51-33-17-5-18-34-51)47-41-43-48(44-42-47)58(56(60)46-27-11-2-12-28-46)62(52-35-19-6-20-36-52,53-37-21-7-22-38-53)54-39-23-8-24-40-54/h1-44H. The molecule has 4 heteroatoms. The van der Waals surface area contributed by atoms with E-state index < -0.39 is 13.8 Å². The molecule has 0 aliphatic rings. The minimum Gasteiger partial charge on any atom is -0.289 e. The van der Waals surface area contributed by atoms with Crippen molar-refractivity contribution in [2.24, 2.45) is 0 Å². The van der Waals surface area contributed by atoms with Crippen LogP contribution in [-0.4, -0.2) is 22.2 Å². The van der Waals surface area contributed by atoms with E-state index in [1.54, 1.807) is 0 Å². The molecule has 0 aromatic heterocycles. The molecule has 0 N–H and O–H groups in total. The Labute approximate surface area is 364 Å². The van der Waals surface area contributed by atoms with E-state index in [-0.39, 0.29) is 11.6 Å². The van der Waals surface area contributed by atoms with Crippen LogP contribution < -0.4 is 31.8 Å². The highest BCUT2D eigenvalue weighted by Crippen LogP contribution is 2.50. The predicted molar refractivity (Wildman–Crippen MR) is 267 cm³/mol. The third-order valence-electron chi connectivity index (χ3n) is 11.5. The van der Waals surface area contributed by atoms with Crippen LogP contribution in [0.4, 0.5) is 0 Å². The highest BCUT2D eigenvalue weighted by molar-refractivity contribution is 7.97. The summed E-state index contributed by atoms with van der Waals surface area (Å²) < 4.78 is 0. The van der Waals surface area contributed by atoms with E-state index in [2.05, 4.69) is 170 Å². The third kappa shape index (κ3) is 7.39. The minimum atomic E-state index is -2.89. The Kier molecular flexibility index (Phi) is 11.9. The van der Waals surface area contributed by atoms with E-state index in [0.29, 0.717) is 11.1 Å². The van der Waals surface area contributed by atoms with Gasteiger partial charge in [-0.3, -0.25) is 9.59 Å². The molecule has 62 heavy (non-hydrogen) atoms. The summed E-state index contributed by atoms with van der Waals surface area (Å²) in [7, 11) is 0. The van der Waals surface area contributed by atoms with Crippen molar-refractivity contribution in [1.29, 1.82) is 0 Å². The number of benzene rings is 9. The Hall–Kier alpha value is -7.08. The lowest BCUT2D eigenvalue weighted by Gasteiger charge is -2.33. The molecule has 0 aliphatic carbocycles. The molecule has 0 amide bonds. The molecule has 0 heterocycles. The molecule has 0 spiro atoms. The monoisotopic (exact) mass is 834 g/mol. The summed E-state index contributed by atoms with van der Waals surface area (Å²) in [4.78, 5) is 31.4. The number of hydrogen-bond donors (Lipinski definition) is 0. The summed E-state index contributed by atoms with van der Waals surface area (Å²) in [6.45, 7) is -5.78. The maximum Gasteiger partial charge on any atom is 0.194 e. The van der Waals surface area contributed by atoms with Crippen molar-refractivity contribution in [2.75, 3.05) is 0 Å². The van der Waals surface area contributed by atoms with Crippen LogP contribution in [0.25, 0.3) is 0 Å². The first kappa shape index (κ1) is 40.3. The second-order valence-corrected chi connectivity index (χ2v) is 21.7. The first-order chi connectivity index (χ1) is 30.6. The van der Waals surface area contributed by atoms with Crippen LogP contribution in [0.2, 0.25) is 0 Å². The van der Waals surface area contributed by atoms with Crippen LogP contribution in [0.5, 0.6) is 0 Å². The van der Waals surface area contributed by atoms with Gasteiger partial charge in [-0.1, -0.05) is 267 Å². The van der Waals surface area contributed by atoms with Gasteiger partial charge in [-0.15, -0.1) is 0 Å². The van der Waals surface area contributed by atoms with Crippen molar-refractivity contribution >= 4 is 67.8 Å². The molecule has 0 fully saturated rings. The van der Waals surface area contributed by atoms with E-state index >= 15 is 9.59 Å². The fourth-order valence-electron chi connectivity index (χ4n) is 8.77. The second kappa shape index (κ2) is 18.3. The van der Waals surface area contributed by atoms with Gasteiger partial charge in [-0.25, -0.2) is 0 Å². The van der Waals surface area contributed by atoms with Crippen LogP contribution in [0.3, 0.4) is 0 Å². The molecular weight excluding hydrogens is 791 g/mol. The van der Waals surface area contributed by atoms with E-state index in [0.717, 1.165) is 53.5 Å². The maximum absolute atomic E-state index is 15.7. The molecule has 0 saturated heterocycles. The summed E-state index contributed by atoms with van der Waals surface area (Å²) in [5, 5.41) is 7.92. The average molecular weight is 835 g/mol. The van der Waals surface area contributed by atoms with Crippen LogP contribution in [0.15, 0.2) is 267 Å². The normalized spacial score (nSPS) is 11.4. The second-order valence-electron chi connectivity index (χ2n) is 15.0. The number of rotatable bonds is 12. The molecule has 0 atom stereocenters. The molecular formula is C58H44O2P2. The Morgan fingerprint density at radius 3 is 0.581 bits per heavy atom. The van der Waals surface area contributed by atoms with Crippen molar-refractivity contribution < 1.29 is 9.59 Å². The van der Waals surface area contributed by atoms with Crippen LogP contribution in [0.1, 0.15) is 31.8 Å². The Morgan fingerprint density at radius 2 is 0.387 bits per heavy atom. The number of carbonyl (C=O) groups excluding carboxylic acids is 2. The van der Waals surface area contributed by atoms with Crippen molar-refractivity contribution in [2.45, 2.75) is 0 Å². The zero-order valence-corrected chi connectivity index (χ0v) is 35.9. The highest BCUT2D eigenvalue weighted by Gasteiger charge is 2.37. The Bertz CT molecular complexity index is 2620. The molecule has 0 bridgehead atoms. The van der Waals surface area contributed by atoms with Crippen LogP contribution >= 0.6 is 13.8 Å². The van der Waals surface area contributed by atoms with E-state index in [1.165, 1.54) is 0 Å². The minimum absolute atomic E-state index is 0.0347. The fourth-order valence-corrected chi connectivity index (χ4v) is 17.8. The highest BCUT2D eigenvalue weighted by atomic mass is 31.2. The van der Waals surface area contributed by atoms with Crippen molar-refractivity contribution in [3.05, 3.63) is 289 Å². The molecule has 9 rings (SSSR count). The van der Waals surface area contributed by atoms with Crippen molar-refractivity contribution in [1.82, 2.24) is 0 Å². The lowest BCUT2D eigenvalue weighted by Crippen LogP contribution is -2.35. The topological polar surface area (TPSA) is 34.1 Å². The van der Waals surface area contributed by atoms with Gasteiger partial charge >= 0.3 is 0 Å². The Balaban J connectivity index is 1.44. The van der Waals surface area contributed by atoms with Gasteiger partial charge in [0.05, 0.1) is 0 Å². The SMILES string of the molecule is O=C(C(c1ccc(C(C(=O)c2ccccc2)=P(c2ccccc2)(c2ccccc2)c2ccccc2)cc1)=P(c1ccccc1)(c1ccccc1)c1ccccc1)c1ccccc1. The molecule has 0 saturated carbocycles. The maximum atomic E-state index is 15.7. The molecule has 0 aliphatic heterocycles. The molecule has 0 unspecified atom stereocenters. The zero-order valence-electron chi connectivity index (χ0n) is 34.1. The largest absolute Gasteiger partial charge is 0.289 e.